The number of hydrogen-bond acceptors (Lipinski definition) is 3. The van der Waals surface area contributed by atoms with Crippen LogP contribution in [0.15, 0.2) is 18.5 Å². The molecule has 0 aromatic carbocycles. The zero-order valence-electron chi connectivity index (χ0n) is 10.7. The van der Waals surface area contributed by atoms with Crippen molar-refractivity contribution >= 4 is 29.1 Å². The lowest BCUT2D eigenvalue weighted by Crippen LogP contribution is -2.04. The number of carbonyl (C=O) groups is 1. The molecule has 5 heteroatoms. The van der Waals surface area contributed by atoms with Crippen LogP contribution in [0.2, 0.25) is 0 Å². The molecule has 1 aliphatic rings. The molecule has 0 spiro atoms. The predicted octanol–water partition coefficient (Wildman–Crippen LogP) is 2.10. The smallest absolute Gasteiger partial charge is 0.257 e. The maximum Gasteiger partial charge on any atom is 0.257 e. The van der Waals surface area contributed by atoms with Gasteiger partial charge in [-0.05, 0) is 37.1 Å². The van der Waals surface area contributed by atoms with Gasteiger partial charge in [0.1, 0.15) is 5.82 Å². The molecule has 5 nitrogen and oxygen atoms in total. The number of rotatable bonds is 1. The summed E-state index contributed by atoms with van der Waals surface area (Å²) in [7, 11) is 0. The monoisotopic (exact) mass is 254 g/mol. The fourth-order valence-electron chi connectivity index (χ4n) is 2.14. The van der Waals surface area contributed by atoms with Crippen molar-refractivity contribution in [3.63, 3.8) is 0 Å². The largest absolute Gasteiger partial charge is 0.397 e. The Morgan fingerprint density at radius 3 is 2.84 bits per heavy atom. The Morgan fingerprint density at radius 1 is 1.37 bits per heavy atom. The molecule has 0 atom stereocenters. The summed E-state index contributed by atoms with van der Waals surface area (Å²) in [6.45, 7) is 4.04. The number of aromatic amines is 1. The lowest BCUT2D eigenvalue weighted by Gasteiger charge is -1.99. The van der Waals surface area contributed by atoms with E-state index in [0.717, 1.165) is 22.4 Å². The molecule has 0 saturated heterocycles. The summed E-state index contributed by atoms with van der Waals surface area (Å²) in [5, 5.41) is 2.73. The number of nitrogens with one attached hydrogen (secondary N) is 2. The number of aromatic nitrogens is 2. The first-order valence-corrected chi connectivity index (χ1v) is 6.00. The molecule has 0 bridgehead atoms. The molecular weight excluding hydrogens is 240 g/mol. The number of aryl methyl sites for hydroxylation is 1. The number of amides is 1. The molecule has 96 valence electrons. The van der Waals surface area contributed by atoms with Crippen molar-refractivity contribution in [2.24, 2.45) is 0 Å². The molecule has 0 saturated carbocycles. The number of pyridine rings is 1. The summed E-state index contributed by atoms with van der Waals surface area (Å²) in [6, 6.07) is 1.76. The van der Waals surface area contributed by atoms with Crippen LogP contribution >= 0.6 is 0 Å². The first kappa shape index (κ1) is 11.5. The van der Waals surface area contributed by atoms with Gasteiger partial charge in [-0.3, -0.25) is 4.79 Å². The molecule has 4 N–H and O–H groups in total. The second-order valence-electron chi connectivity index (χ2n) is 4.69. The molecule has 0 radical (unpaired) electrons. The standard InChI is InChI=1S/C14H14N4O/c1-7-5-16-12(8(7)2)4-11-10-3-9(15)6-17-13(10)18-14(11)19/h3-6,16H,15H2,1-2H3,(H,17,18,19). The highest BCUT2D eigenvalue weighted by Gasteiger charge is 2.25. The minimum atomic E-state index is -0.153. The Kier molecular flexibility index (Phi) is 2.41. The number of nitrogens with two attached hydrogens (primary N) is 1. The second kappa shape index (κ2) is 3.98. The molecule has 1 aliphatic heterocycles. The molecule has 3 rings (SSSR count). The average molecular weight is 254 g/mol. The maximum atomic E-state index is 12.0. The van der Waals surface area contributed by atoms with Crippen molar-refractivity contribution in [2.75, 3.05) is 11.1 Å². The van der Waals surface area contributed by atoms with E-state index in [1.54, 1.807) is 6.07 Å². The summed E-state index contributed by atoms with van der Waals surface area (Å²) in [5.74, 6) is 0.408. The topological polar surface area (TPSA) is 83.8 Å². The van der Waals surface area contributed by atoms with Gasteiger partial charge in [0.15, 0.2) is 0 Å². The van der Waals surface area contributed by atoms with Crippen LogP contribution in [0.4, 0.5) is 11.5 Å². The maximum absolute atomic E-state index is 12.0. The van der Waals surface area contributed by atoms with Crippen LogP contribution in [0.1, 0.15) is 22.4 Å². The van der Waals surface area contributed by atoms with E-state index in [0.29, 0.717) is 17.1 Å². The molecule has 1 amide bonds. The normalized spacial score (nSPS) is 15.7. The summed E-state index contributed by atoms with van der Waals surface area (Å²) in [4.78, 5) is 19.3. The lowest BCUT2D eigenvalue weighted by molar-refractivity contribution is -0.110. The van der Waals surface area contributed by atoms with Gasteiger partial charge in [0.25, 0.3) is 5.91 Å². The van der Waals surface area contributed by atoms with E-state index in [9.17, 15) is 4.79 Å². The SMILES string of the molecule is Cc1c[nH]c(C=C2C(=O)Nc3ncc(N)cc32)c1C. The summed E-state index contributed by atoms with van der Waals surface area (Å²) >= 11 is 0. The van der Waals surface area contributed by atoms with Crippen molar-refractivity contribution in [3.8, 4) is 0 Å². The van der Waals surface area contributed by atoms with E-state index in [2.05, 4.69) is 15.3 Å². The number of H-pyrrole nitrogens is 1. The van der Waals surface area contributed by atoms with Crippen molar-refractivity contribution in [2.45, 2.75) is 13.8 Å². The van der Waals surface area contributed by atoms with Gasteiger partial charge in [-0.2, -0.15) is 0 Å². The second-order valence-corrected chi connectivity index (χ2v) is 4.69. The molecule has 0 fully saturated rings. The van der Waals surface area contributed by atoms with E-state index in [4.69, 9.17) is 5.73 Å². The average Bonchev–Trinajstić information content (AvgIpc) is 2.85. The minimum Gasteiger partial charge on any atom is -0.397 e. The predicted molar refractivity (Wildman–Crippen MR) is 75.4 cm³/mol. The third-order valence-electron chi connectivity index (χ3n) is 3.40. The Labute approximate surface area is 110 Å². The van der Waals surface area contributed by atoms with Crippen LogP contribution in [0.5, 0.6) is 0 Å². The lowest BCUT2D eigenvalue weighted by atomic mass is 10.1. The zero-order valence-corrected chi connectivity index (χ0v) is 10.7. The molecule has 3 heterocycles. The Bertz CT molecular complexity index is 712. The van der Waals surface area contributed by atoms with Crippen LogP contribution in [0, 0.1) is 13.8 Å². The highest BCUT2D eigenvalue weighted by atomic mass is 16.2. The highest BCUT2D eigenvalue weighted by Crippen LogP contribution is 2.32. The molecule has 2 aromatic rings. The number of carbonyl (C=O) groups excluding carboxylic acids is 1. The Hall–Kier alpha value is -2.56. The number of nitrogen functional groups attached to an aromatic ring is 1. The van der Waals surface area contributed by atoms with Crippen LogP contribution in [0.25, 0.3) is 11.6 Å². The molecule has 0 aliphatic carbocycles. The highest BCUT2D eigenvalue weighted by molar-refractivity contribution is 6.34. The van der Waals surface area contributed by atoms with Crippen molar-refractivity contribution < 1.29 is 4.79 Å². The van der Waals surface area contributed by atoms with Crippen LogP contribution < -0.4 is 11.1 Å². The van der Waals surface area contributed by atoms with Gasteiger partial charge in [-0.25, -0.2) is 4.98 Å². The summed E-state index contributed by atoms with van der Waals surface area (Å²) in [5.41, 5.74) is 10.8. The van der Waals surface area contributed by atoms with Gasteiger partial charge < -0.3 is 16.0 Å². The third-order valence-corrected chi connectivity index (χ3v) is 3.40. The van der Waals surface area contributed by atoms with Gasteiger partial charge in [-0.15, -0.1) is 0 Å². The molecule has 0 unspecified atom stereocenters. The van der Waals surface area contributed by atoms with Crippen molar-refractivity contribution in [1.29, 1.82) is 0 Å². The van der Waals surface area contributed by atoms with E-state index in [1.165, 1.54) is 6.20 Å². The quantitative estimate of drug-likeness (QED) is 0.681. The number of fused-ring (bicyclic) bond motifs is 1. The first-order chi connectivity index (χ1) is 9.06. The fourth-order valence-corrected chi connectivity index (χ4v) is 2.14. The van der Waals surface area contributed by atoms with Gasteiger partial charge in [0.2, 0.25) is 0 Å². The zero-order chi connectivity index (χ0) is 13.6. The minimum absolute atomic E-state index is 0.153. The van der Waals surface area contributed by atoms with Gasteiger partial charge in [0.05, 0.1) is 17.5 Å². The van der Waals surface area contributed by atoms with Crippen molar-refractivity contribution in [3.05, 3.63) is 40.8 Å². The first-order valence-electron chi connectivity index (χ1n) is 6.00. The number of hydrogen-bond donors (Lipinski definition) is 3. The molecule has 19 heavy (non-hydrogen) atoms. The van der Waals surface area contributed by atoms with Gasteiger partial charge >= 0.3 is 0 Å². The summed E-state index contributed by atoms with van der Waals surface area (Å²) in [6.07, 6.45) is 5.30. The Balaban J connectivity index is 2.14. The summed E-state index contributed by atoms with van der Waals surface area (Å²) < 4.78 is 0. The van der Waals surface area contributed by atoms with Gasteiger partial charge in [0, 0.05) is 17.5 Å². The van der Waals surface area contributed by atoms with E-state index in [-0.39, 0.29) is 5.91 Å². The molecular formula is C14H14N4O. The van der Waals surface area contributed by atoms with E-state index < -0.39 is 0 Å². The third kappa shape index (κ3) is 1.79. The van der Waals surface area contributed by atoms with Crippen LogP contribution in [-0.2, 0) is 4.79 Å². The van der Waals surface area contributed by atoms with Crippen molar-refractivity contribution in [1.82, 2.24) is 9.97 Å². The number of anilines is 2. The molecule has 2 aromatic heterocycles. The van der Waals surface area contributed by atoms with E-state index >= 15 is 0 Å². The Morgan fingerprint density at radius 2 is 2.16 bits per heavy atom. The van der Waals surface area contributed by atoms with Crippen LogP contribution in [0.3, 0.4) is 0 Å². The van der Waals surface area contributed by atoms with Gasteiger partial charge in [-0.1, -0.05) is 0 Å². The fraction of sp³-hybridized carbons (Fsp3) is 0.143. The van der Waals surface area contributed by atoms with Crippen LogP contribution in [-0.4, -0.2) is 15.9 Å². The van der Waals surface area contributed by atoms with E-state index in [1.807, 2.05) is 26.1 Å². The number of nitrogens with zero attached hydrogens (tertiary/aromatic N) is 1.